The third kappa shape index (κ3) is 4.20. The third-order valence-electron chi connectivity index (χ3n) is 3.63. The van der Waals surface area contributed by atoms with E-state index >= 15 is 0 Å². The van der Waals surface area contributed by atoms with Gasteiger partial charge in [-0.25, -0.2) is 9.48 Å². The molecule has 3 rings (SSSR count). The van der Waals surface area contributed by atoms with Gasteiger partial charge in [-0.3, -0.25) is 0 Å². The van der Waals surface area contributed by atoms with Crippen LogP contribution in [0.2, 0.25) is 0 Å². The summed E-state index contributed by atoms with van der Waals surface area (Å²) in [5.74, 6) is 0.548. The highest BCUT2D eigenvalue weighted by Crippen LogP contribution is 2.18. The highest BCUT2D eigenvalue weighted by Gasteiger charge is 2.17. The Morgan fingerprint density at radius 1 is 1.16 bits per heavy atom. The lowest BCUT2D eigenvalue weighted by atomic mass is 10.2. The Morgan fingerprint density at radius 3 is 2.64 bits per heavy atom. The molecule has 0 bridgehead atoms. The van der Waals surface area contributed by atoms with Crippen LogP contribution in [0, 0.1) is 0 Å². The van der Waals surface area contributed by atoms with E-state index in [1.807, 2.05) is 30.3 Å². The van der Waals surface area contributed by atoms with Crippen molar-refractivity contribution < 1.29 is 14.3 Å². The summed E-state index contributed by atoms with van der Waals surface area (Å²) in [6.07, 6.45) is 1.69. The molecule has 7 nitrogen and oxygen atoms in total. The fourth-order valence-electron chi connectivity index (χ4n) is 2.22. The molecule has 128 valence electrons. The molecule has 0 fully saturated rings. The number of aryl methyl sites for hydroxylation is 1. The monoisotopic (exact) mass is 338 g/mol. The number of tetrazole rings is 1. The second-order valence-electron chi connectivity index (χ2n) is 5.43. The number of carbonyl (C=O) groups excluding carboxylic acids is 1. The van der Waals surface area contributed by atoms with Crippen molar-refractivity contribution in [3.8, 4) is 17.2 Å². The first-order valence-corrected chi connectivity index (χ1v) is 7.96. The summed E-state index contributed by atoms with van der Waals surface area (Å²) in [5.41, 5.74) is 1.90. The lowest BCUT2D eigenvalue weighted by molar-refractivity contribution is -0.141. The van der Waals surface area contributed by atoms with Crippen molar-refractivity contribution in [3.63, 3.8) is 0 Å². The van der Waals surface area contributed by atoms with E-state index in [0.29, 0.717) is 17.2 Å². The number of benzene rings is 2. The van der Waals surface area contributed by atoms with Crippen LogP contribution in [0.25, 0.3) is 5.69 Å². The van der Waals surface area contributed by atoms with Crippen LogP contribution >= 0.6 is 0 Å². The average Bonchev–Trinajstić information content (AvgIpc) is 3.17. The lowest BCUT2D eigenvalue weighted by Crippen LogP contribution is -2.28. The van der Waals surface area contributed by atoms with Gasteiger partial charge in [0.2, 0.25) is 0 Å². The van der Waals surface area contributed by atoms with Gasteiger partial charge >= 0.3 is 5.97 Å². The number of rotatable bonds is 6. The van der Waals surface area contributed by atoms with Gasteiger partial charge < -0.3 is 9.47 Å². The topological polar surface area (TPSA) is 79.1 Å². The van der Waals surface area contributed by atoms with E-state index in [1.165, 1.54) is 16.6 Å². The van der Waals surface area contributed by atoms with Crippen LogP contribution in [0.4, 0.5) is 0 Å². The van der Waals surface area contributed by atoms with E-state index in [-0.39, 0.29) is 0 Å². The third-order valence-corrected chi connectivity index (χ3v) is 3.63. The number of ether oxygens (including phenoxy) is 2. The van der Waals surface area contributed by atoms with Crippen molar-refractivity contribution >= 4 is 5.97 Å². The largest absolute Gasteiger partial charge is 0.479 e. The zero-order valence-corrected chi connectivity index (χ0v) is 14.0. The summed E-state index contributed by atoms with van der Waals surface area (Å²) in [6.45, 7) is 3.74. The van der Waals surface area contributed by atoms with E-state index in [0.717, 1.165) is 6.42 Å². The second-order valence-corrected chi connectivity index (χ2v) is 5.43. The number of carbonyl (C=O) groups is 1. The van der Waals surface area contributed by atoms with E-state index in [1.54, 1.807) is 25.1 Å². The predicted octanol–water partition coefficient (Wildman–Crippen LogP) is 2.60. The molecule has 0 saturated heterocycles. The van der Waals surface area contributed by atoms with Gasteiger partial charge in [-0.2, -0.15) is 0 Å². The maximum atomic E-state index is 12.2. The summed E-state index contributed by atoms with van der Waals surface area (Å²) in [4.78, 5) is 12.2. The highest BCUT2D eigenvalue weighted by molar-refractivity contribution is 5.77. The van der Waals surface area contributed by atoms with Crippen molar-refractivity contribution in [1.29, 1.82) is 0 Å². The summed E-state index contributed by atoms with van der Waals surface area (Å²) in [5, 5.41) is 11.0. The molecule has 7 heteroatoms. The first kappa shape index (κ1) is 16.6. The van der Waals surface area contributed by atoms with Crippen LogP contribution < -0.4 is 9.47 Å². The molecule has 0 amide bonds. The molecule has 3 aromatic rings. The maximum Gasteiger partial charge on any atom is 0.352 e. The molecule has 1 unspecified atom stereocenters. The zero-order valence-electron chi connectivity index (χ0n) is 14.0. The molecular formula is C18H18N4O3. The van der Waals surface area contributed by atoms with Gasteiger partial charge in [0.25, 0.3) is 0 Å². The van der Waals surface area contributed by atoms with Crippen molar-refractivity contribution in [3.05, 3.63) is 60.4 Å². The molecule has 0 aliphatic carbocycles. The number of aromatic nitrogens is 4. The van der Waals surface area contributed by atoms with Crippen LogP contribution in [0.5, 0.6) is 11.5 Å². The smallest absolute Gasteiger partial charge is 0.352 e. The predicted molar refractivity (Wildman–Crippen MR) is 90.7 cm³/mol. The molecule has 0 saturated carbocycles. The van der Waals surface area contributed by atoms with Crippen LogP contribution in [0.15, 0.2) is 54.9 Å². The van der Waals surface area contributed by atoms with Crippen molar-refractivity contribution in [1.82, 2.24) is 20.2 Å². The van der Waals surface area contributed by atoms with Gasteiger partial charge in [-0.15, -0.1) is 5.10 Å². The van der Waals surface area contributed by atoms with Crippen molar-refractivity contribution in [2.45, 2.75) is 26.4 Å². The maximum absolute atomic E-state index is 12.2. The van der Waals surface area contributed by atoms with Crippen molar-refractivity contribution in [2.75, 3.05) is 0 Å². The Labute approximate surface area is 145 Å². The van der Waals surface area contributed by atoms with Gasteiger partial charge in [-0.05, 0) is 53.6 Å². The quantitative estimate of drug-likeness (QED) is 0.508. The Hall–Kier alpha value is -3.22. The van der Waals surface area contributed by atoms with E-state index < -0.39 is 12.1 Å². The van der Waals surface area contributed by atoms with Gasteiger partial charge in [0.05, 0.1) is 5.69 Å². The molecule has 0 radical (unpaired) electrons. The van der Waals surface area contributed by atoms with E-state index in [4.69, 9.17) is 9.47 Å². The second kappa shape index (κ2) is 7.57. The number of hydrogen-bond acceptors (Lipinski definition) is 6. The standard InChI is InChI=1S/C18H18N4O3/c1-3-14-7-9-16(10-8-14)24-13(2)18(23)25-17-6-4-5-15(11-17)22-12-19-20-21-22/h4-13H,3H2,1-2H3. The van der Waals surface area contributed by atoms with Gasteiger partial charge in [0, 0.05) is 6.07 Å². The van der Waals surface area contributed by atoms with E-state index in [2.05, 4.69) is 22.4 Å². The lowest BCUT2D eigenvalue weighted by Gasteiger charge is -2.14. The van der Waals surface area contributed by atoms with Crippen LogP contribution in [0.3, 0.4) is 0 Å². The molecule has 25 heavy (non-hydrogen) atoms. The SMILES string of the molecule is CCc1ccc(OC(C)C(=O)Oc2cccc(-n3cnnn3)c2)cc1. The molecule has 0 aliphatic rings. The minimum Gasteiger partial charge on any atom is -0.479 e. The molecule has 1 heterocycles. The van der Waals surface area contributed by atoms with Crippen LogP contribution in [0.1, 0.15) is 19.4 Å². The first-order valence-electron chi connectivity index (χ1n) is 7.96. The Kier molecular flexibility index (Phi) is 5.03. The molecule has 1 aromatic heterocycles. The normalized spacial score (nSPS) is 11.8. The fraction of sp³-hybridized carbons (Fsp3) is 0.222. The first-order chi connectivity index (χ1) is 12.2. The number of esters is 1. The zero-order chi connectivity index (χ0) is 17.6. The summed E-state index contributed by atoms with van der Waals surface area (Å²) in [6, 6.07) is 14.6. The van der Waals surface area contributed by atoms with Crippen molar-refractivity contribution in [2.24, 2.45) is 0 Å². The molecule has 0 aliphatic heterocycles. The average molecular weight is 338 g/mol. The molecule has 0 N–H and O–H groups in total. The van der Waals surface area contributed by atoms with Crippen LogP contribution in [-0.2, 0) is 11.2 Å². The molecule has 2 aromatic carbocycles. The Morgan fingerprint density at radius 2 is 1.96 bits per heavy atom. The summed E-state index contributed by atoms with van der Waals surface area (Å²) >= 11 is 0. The van der Waals surface area contributed by atoms with Gasteiger partial charge in [-0.1, -0.05) is 25.1 Å². The minimum absolute atomic E-state index is 0.398. The molecule has 0 spiro atoms. The Bertz CT molecular complexity index is 832. The molecular weight excluding hydrogens is 320 g/mol. The Balaban J connectivity index is 1.64. The minimum atomic E-state index is -0.732. The molecule has 1 atom stereocenters. The fourth-order valence-corrected chi connectivity index (χ4v) is 2.22. The summed E-state index contributed by atoms with van der Waals surface area (Å²) < 4.78 is 12.5. The van der Waals surface area contributed by atoms with E-state index in [9.17, 15) is 4.79 Å². The van der Waals surface area contributed by atoms with Gasteiger partial charge in [0.1, 0.15) is 17.8 Å². The summed E-state index contributed by atoms with van der Waals surface area (Å²) in [7, 11) is 0. The van der Waals surface area contributed by atoms with Gasteiger partial charge in [0.15, 0.2) is 6.10 Å². The van der Waals surface area contributed by atoms with Crippen LogP contribution in [-0.4, -0.2) is 32.3 Å². The number of hydrogen-bond donors (Lipinski definition) is 0. The number of nitrogens with zero attached hydrogens (tertiary/aromatic N) is 4. The highest BCUT2D eigenvalue weighted by atomic mass is 16.6.